The van der Waals surface area contributed by atoms with Crippen LogP contribution in [-0.2, 0) is 4.79 Å². The second-order valence-corrected chi connectivity index (χ2v) is 6.79. The van der Waals surface area contributed by atoms with Crippen LogP contribution in [0.5, 0.6) is 0 Å². The molecule has 1 aliphatic rings. The number of carbonyl (C=O) groups is 1. The molecule has 1 saturated heterocycles. The second-order valence-electron chi connectivity index (χ2n) is 6.79. The number of benzene rings is 1. The summed E-state index contributed by atoms with van der Waals surface area (Å²) in [4.78, 5) is 25.1. The van der Waals surface area contributed by atoms with E-state index in [0.29, 0.717) is 35.7 Å². The van der Waals surface area contributed by atoms with Crippen LogP contribution >= 0.6 is 0 Å². The summed E-state index contributed by atoms with van der Waals surface area (Å²) in [6.07, 6.45) is 5.52. The minimum atomic E-state index is -0.434. The van der Waals surface area contributed by atoms with Gasteiger partial charge in [-0.2, -0.15) is 5.26 Å². The topological polar surface area (TPSA) is 100 Å². The molecule has 1 amide bonds. The van der Waals surface area contributed by atoms with Crippen molar-refractivity contribution in [3.05, 3.63) is 57.3 Å². The maximum absolute atomic E-state index is 12.7. The summed E-state index contributed by atoms with van der Waals surface area (Å²) in [6, 6.07) is 10.1. The van der Waals surface area contributed by atoms with Crippen molar-refractivity contribution >= 4 is 17.7 Å². The van der Waals surface area contributed by atoms with Crippen molar-refractivity contribution in [2.45, 2.75) is 32.6 Å². The molecule has 1 fully saturated rings. The first-order chi connectivity index (χ1) is 13.5. The molecule has 0 aliphatic carbocycles. The van der Waals surface area contributed by atoms with Gasteiger partial charge in [0.2, 0.25) is 0 Å². The van der Waals surface area contributed by atoms with Gasteiger partial charge < -0.3 is 9.32 Å². The molecule has 1 aliphatic heterocycles. The molecule has 0 radical (unpaired) electrons. The summed E-state index contributed by atoms with van der Waals surface area (Å²) in [5.41, 5.74) is 1.14. The third-order valence-corrected chi connectivity index (χ3v) is 4.92. The van der Waals surface area contributed by atoms with Crippen LogP contribution in [0, 0.1) is 28.4 Å². The lowest BCUT2D eigenvalue weighted by atomic mass is 10.1. The lowest BCUT2D eigenvalue weighted by Gasteiger charge is -2.19. The normalized spacial score (nSPS) is 15.0. The molecule has 28 heavy (non-hydrogen) atoms. The average molecular weight is 379 g/mol. The lowest BCUT2D eigenvalue weighted by Crippen LogP contribution is -2.32. The van der Waals surface area contributed by atoms with E-state index in [2.05, 4.69) is 0 Å². The second kappa shape index (κ2) is 8.53. The fraction of sp³-hybridized carbons (Fsp3) is 0.333. The fourth-order valence-corrected chi connectivity index (χ4v) is 3.39. The van der Waals surface area contributed by atoms with Crippen LogP contribution in [0.2, 0.25) is 0 Å². The van der Waals surface area contributed by atoms with Crippen LogP contribution in [-0.4, -0.2) is 28.8 Å². The summed E-state index contributed by atoms with van der Waals surface area (Å²) in [7, 11) is 0. The molecular formula is C21H21N3O4. The number of nitro benzene ring substituents is 1. The molecule has 0 atom stereocenters. The zero-order valence-corrected chi connectivity index (χ0v) is 15.7. The van der Waals surface area contributed by atoms with Crippen molar-refractivity contribution in [1.29, 1.82) is 5.26 Å². The zero-order valence-electron chi connectivity index (χ0n) is 15.7. The lowest BCUT2D eigenvalue weighted by molar-refractivity contribution is -0.385. The molecule has 144 valence electrons. The number of hydrogen-bond donors (Lipinski definition) is 0. The summed E-state index contributed by atoms with van der Waals surface area (Å²) in [5.74, 6) is 0.529. The third-order valence-electron chi connectivity index (χ3n) is 4.92. The third kappa shape index (κ3) is 4.12. The summed E-state index contributed by atoms with van der Waals surface area (Å²) >= 11 is 0. The molecule has 3 rings (SSSR count). The highest BCUT2D eigenvalue weighted by Gasteiger charge is 2.20. The molecule has 7 heteroatoms. The van der Waals surface area contributed by atoms with Gasteiger partial charge >= 0.3 is 0 Å². The van der Waals surface area contributed by atoms with Gasteiger partial charge in [0.15, 0.2) is 0 Å². The van der Waals surface area contributed by atoms with Crippen LogP contribution in [0.25, 0.3) is 17.4 Å². The van der Waals surface area contributed by atoms with E-state index in [0.717, 1.165) is 25.7 Å². The first-order valence-corrected chi connectivity index (χ1v) is 9.26. The predicted molar refractivity (Wildman–Crippen MR) is 104 cm³/mol. The fourth-order valence-electron chi connectivity index (χ4n) is 3.39. The van der Waals surface area contributed by atoms with E-state index < -0.39 is 4.92 Å². The number of nitriles is 1. The Balaban J connectivity index is 1.87. The van der Waals surface area contributed by atoms with Crippen molar-refractivity contribution in [3.63, 3.8) is 0 Å². The van der Waals surface area contributed by atoms with Crippen LogP contribution in [0.15, 0.2) is 40.3 Å². The number of nitro groups is 1. The maximum atomic E-state index is 12.7. The number of hydrogen-bond acceptors (Lipinski definition) is 5. The van der Waals surface area contributed by atoms with Crippen molar-refractivity contribution < 1.29 is 14.1 Å². The molecule has 2 heterocycles. The van der Waals surface area contributed by atoms with E-state index in [1.807, 2.05) is 6.07 Å². The number of rotatable bonds is 4. The van der Waals surface area contributed by atoms with Gasteiger partial charge in [-0.25, -0.2) is 0 Å². The Morgan fingerprint density at radius 1 is 1.21 bits per heavy atom. The van der Waals surface area contributed by atoms with E-state index in [9.17, 15) is 20.2 Å². The van der Waals surface area contributed by atoms with E-state index in [-0.39, 0.29) is 17.2 Å². The van der Waals surface area contributed by atoms with Crippen LogP contribution < -0.4 is 0 Å². The largest absolute Gasteiger partial charge is 0.457 e. The van der Waals surface area contributed by atoms with Crippen molar-refractivity contribution in [2.75, 3.05) is 13.1 Å². The SMILES string of the molecule is Cc1c(-c2ccc(/C=C(/C#N)C(=O)N3CCCCCC3)o2)cccc1[N+](=O)[O-]. The van der Waals surface area contributed by atoms with Gasteiger partial charge in [-0.15, -0.1) is 0 Å². The number of likely N-dealkylation sites (tertiary alicyclic amines) is 1. The van der Waals surface area contributed by atoms with E-state index in [4.69, 9.17) is 4.42 Å². The predicted octanol–water partition coefficient (Wildman–Crippen LogP) is 4.47. The first-order valence-electron chi connectivity index (χ1n) is 9.26. The van der Waals surface area contributed by atoms with Gasteiger partial charge in [-0.05, 0) is 31.9 Å². The molecule has 0 unspecified atom stereocenters. The number of carbonyl (C=O) groups excluding carboxylic acids is 1. The molecule has 0 N–H and O–H groups in total. The monoisotopic (exact) mass is 379 g/mol. The molecule has 0 bridgehead atoms. The van der Waals surface area contributed by atoms with E-state index in [1.54, 1.807) is 36.1 Å². The van der Waals surface area contributed by atoms with Crippen LogP contribution in [0.3, 0.4) is 0 Å². The molecular weight excluding hydrogens is 358 g/mol. The Bertz CT molecular complexity index is 960. The first kappa shape index (κ1) is 19.4. The van der Waals surface area contributed by atoms with Crippen LogP contribution in [0.4, 0.5) is 5.69 Å². The van der Waals surface area contributed by atoms with Gasteiger partial charge in [-0.1, -0.05) is 25.0 Å². The highest BCUT2D eigenvalue weighted by Crippen LogP contribution is 2.31. The highest BCUT2D eigenvalue weighted by atomic mass is 16.6. The van der Waals surface area contributed by atoms with Crippen molar-refractivity contribution in [3.8, 4) is 17.4 Å². The summed E-state index contributed by atoms with van der Waals surface area (Å²) in [6.45, 7) is 2.98. The Morgan fingerprint density at radius 2 is 1.93 bits per heavy atom. The minimum absolute atomic E-state index is 0.0139. The summed E-state index contributed by atoms with van der Waals surface area (Å²) in [5, 5.41) is 20.6. The Labute approximate surface area is 163 Å². The standard InChI is InChI=1S/C21H21N3O4/c1-15-18(7-6-8-19(15)24(26)27)20-10-9-17(28-20)13-16(14-22)21(25)23-11-4-2-3-5-12-23/h6-10,13H,2-5,11-12H2,1H3/b16-13-. The number of amides is 1. The molecule has 1 aromatic heterocycles. The van der Waals surface area contributed by atoms with Gasteiger partial charge in [0, 0.05) is 36.4 Å². The van der Waals surface area contributed by atoms with Gasteiger partial charge in [0.1, 0.15) is 23.2 Å². The molecule has 0 spiro atoms. The molecule has 0 saturated carbocycles. The Hall–Kier alpha value is -3.40. The number of furan rings is 1. The van der Waals surface area contributed by atoms with E-state index >= 15 is 0 Å². The smallest absolute Gasteiger partial charge is 0.273 e. The average Bonchev–Trinajstić information content (AvgIpc) is 2.97. The maximum Gasteiger partial charge on any atom is 0.273 e. The minimum Gasteiger partial charge on any atom is -0.457 e. The van der Waals surface area contributed by atoms with Crippen molar-refractivity contribution in [1.82, 2.24) is 4.90 Å². The van der Waals surface area contributed by atoms with Crippen molar-refractivity contribution in [2.24, 2.45) is 0 Å². The van der Waals surface area contributed by atoms with Gasteiger partial charge in [0.25, 0.3) is 11.6 Å². The Kier molecular flexibility index (Phi) is 5.90. The highest BCUT2D eigenvalue weighted by molar-refractivity contribution is 6.01. The quantitative estimate of drug-likeness (QED) is 0.337. The van der Waals surface area contributed by atoms with Gasteiger partial charge in [0.05, 0.1) is 4.92 Å². The number of nitrogens with zero attached hydrogens (tertiary/aromatic N) is 3. The van der Waals surface area contributed by atoms with Crippen LogP contribution in [0.1, 0.15) is 37.0 Å². The zero-order chi connectivity index (χ0) is 20.1. The summed E-state index contributed by atoms with van der Waals surface area (Å²) < 4.78 is 5.76. The Morgan fingerprint density at radius 3 is 2.57 bits per heavy atom. The molecule has 2 aromatic rings. The molecule has 1 aromatic carbocycles. The van der Waals surface area contributed by atoms with E-state index in [1.165, 1.54) is 12.1 Å². The van der Waals surface area contributed by atoms with Gasteiger partial charge in [-0.3, -0.25) is 14.9 Å². The molecule has 7 nitrogen and oxygen atoms in total.